The van der Waals surface area contributed by atoms with E-state index in [1.165, 1.54) is 22.6 Å². The Bertz CT molecular complexity index is 973. The number of hydrogen-bond acceptors (Lipinski definition) is 5. The maximum atomic E-state index is 12.8. The highest BCUT2D eigenvalue weighted by Crippen LogP contribution is 2.24. The van der Waals surface area contributed by atoms with Crippen LogP contribution in [0.5, 0.6) is 0 Å². The first-order chi connectivity index (χ1) is 13.4. The molecule has 2 aromatic rings. The number of urea groups is 1. The lowest BCUT2D eigenvalue weighted by molar-refractivity contribution is -0.140. The number of nitrogens with one attached hydrogen (secondary N) is 1. The average Bonchev–Trinajstić information content (AvgIpc) is 3.08. The summed E-state index contributed by atoms with van der Waals surface area (Å²) < 4.78 is 5.98. The van der Waals surface area contributed by atoms with Crippen molar-refractivity contribution in [2.24, 2.45) is 5.73 Å². The standard InChI is InChI=1S/C19H21N5O4.ClH/c1-28-17(26)7-9-22-8-6-15(12-16(22)25)24-11-10-23(19(24)27)14-4-2-13(3-5-14)18(20)21;/h2-6,8,12H,7,9-11H2,1H3,(H3,20,21);1H. The summed E-state index contributed by atoms with van der Waals surface area (Å²) in [6.45, 7) is 1.14. The summed E-state index contributed by atoms with van der Waals surface area (Å²) in [5, 5.41) is 7.43. The largest absolute Gasteiger partial charge is 0.469 e. The van der Waals surface area contributed by atoms with Crippen molar-refractivity contribution in [2.45, 2.75) is 13.0 Å². The van der Waals surface area contributed by atoms with Crippen LogP contribution >= 0.6 is 12.4 Å². The minimum Gasteiger partial charge on any atom is -0.469 e. The molecule has 1 aromatic carbocycles. The van der Waals surface area contributed by atoms with Gasteiger partial charge in [-0.1, -0.05) is 0 Å². The molecule has 2 heterocycles. The highest BCUT2D eigenvalue weighted by molar-refractivity contribution is 6.06. The zero-order valence-corrected chi connectivity index (χ0v) is 16.6. The van der Waals surface area contributed by atoms with Crippen LogP contribution in [0.1, 0.15) is 12.0 Å². The number of hydrogen-bond donors (Lipinski definition) is 2. The van der Waals surface area contributed by atoms with Gasteiger partial charge in [-0.15, -0.1) is 12.4 Å². The molecule has 154 valence electrons. The van der Waals surface area contributed by atoms with E-state index in [2.05, 4.69) is 4.74 Å². The van der Waals surface area contributed by atoms with Gasteiger partial charge in [0.15, 0.2) is 0 Å². The molecular formula is C19H22ClN5O4. The van der Waals surface area contributed by atoms with E-state index in [0.29, 0.717) is 30.0 Å². The summed E-state index contributed by atoms with van der Waals surface area (Å²) >= 11 is 0. The van der Waals surface area contributed by atoms with E-state index in [0.717, 1.165) is 0 Å². The minimum absolute atomic E-state index is 0. The number of ether oxygens (including phenoxy) is 1. The van der Waals surface area contributed by atoms with Gasteiger partial charge in [0, 0.05) is 43.1 Å². The van der Waals surface area contributed by atoms with Crippen LogP contribution in [0, 0.1) is 5.41 Å². The number of benzene rings is 1. The Morgan fingerprint density at radius 2 is 1.72 bits per heavy atom. The monoisotopic (exact) mass is 419 g/mol. The predicted octanol–water partition coefficient (Wildman–Crippen LogP) is 1.56. The van der Waals surface area contributed by atoms with Gasteiger partial charge in [0.1, 0.15) is 5.84 Å². The van der Waals surface area contributed by atoms with E-state index in [9.17, 15) is 14.4 Å². The van der Waals surface area contributed by atoms with Crippen molar-refractivity contribution in [3.63, 3.8) is 0 Å². The Balaban J connectivity index is 0.00000300. The predicted molar refractivity (Wildman–Crippen MR) is 112 cm³/mol. The first-order valence-electron chi connectivity index (χ1n) is 8.71. The van der Waals surface area contributed by atoms with Gasteiger partial charge in [0.2, 0.25) is 0 Å². The Morgan fingerprint density at radius 3 is 2.28 bits per heavy atom. The zero-order valence-electron chi connectivity index (χ0n) is 15.8. The number of rotatable bonds is 6. The van der Waals surface area contributed by atoms with Gasteiger partial charge >= 0.3 is 12.0 Å². The van der Waals surface area contributed by atoms with Crippen molar-refractivity contribution in [1.82, 2.24) is 4.57 Å². The lowest BCUT2D eigenvalue weighted by Crippen LogP contribution is -2.33. The number of anilines is 2. The quantitative estimate of drug-likeness (QED) is 0.418. The van der Waals surface area contributed by atoms with Crippen LogP contribution in [-0.4, -0.2) is 42.6 Å². The molecule has 2 amide bonds. The normalized spacial score (nSPS) is 13.2. The molecule has 1 saturated heterocycles. The Kier molecular flexibility index (Phi) is 7.00. The number of carbonyl (C=O) groups is 2. The van der Waals surface area contributed by atoms with Crippen molar-refractivity contribution >= 4 is 41.6 Å². The summed E-state index contributed by atoms with van der Waals surface area (Å²) in [4.78, 5) is 39.4. The number of nitrogens with two attached hydrogens (primary N) is 1. The number of esters is 1. The highest BCUT2D eigenvalue weighted by atomic mass is 35.5. The van der Waals surface area contributed by atoms with E-state index >= 15 is 0 Å². The van der Waals surface area contributed by atoms with Crippen molar-refractivity contribution in [3.05, 3.63) is 58.5 Å². The molecule has 9 nitrogen and oxygen atoms in total. The van der Waals surface area contributed by atoms with Gasteiger partial charge in [-0.3, -0.25) is 24.8 Å². The molecule has 0 radical (unpaired) electrons. The zero-order chi connectivity index (χ0) is 20.3. The smallest absolute Gasteiger partial charge is 0.329 e. The molecule has 0 unspecified atom stereocenters. The van der Waals surface area contributed by atoms with Crippen LogP contribution in [-0.2, 0) is 16.1 Å². The summed E-state index contributed by atoms with van der Waals surface area (Å²) in [5.74, 6) is -0.425. The molecule has 0 bridgehead atoms. The SMILES string of the molecule is COC(=O)CCn1ccc(N2CCN(c3ccc(C(=N)N)cc3)C2=O)cc1=O.Cl. The fourth-order valence-electron chi connectivity index (χ4n) is 3.00. The number of nitrogen functional groups attached to an aromatic ring is 1. The molecule has 10 heteroatoms. The number of methoxy groups -OCH3 is 1. The first-order valence-corrected chi connectivity index (χ1v) is 8.71. The molecule has 1 fully saturated rings. The number of amides is 2. The number of aromatic nitrogens is 1. The molecular weight excluding hydrogens is 398 g/mol. The van der Waals surface area contributed by atoms with Crippen molar-refractivity contribution in [1.29, 1.82) is 5.41 Å². The molecule has 3 N–H and O–H groups in total. The number of aryl methyl sites for hydroxylation is 1. The van der Waals surface area contributed by atoms with Crippen molar-refractivity contribution in [2.75, 3.05) is 30.0 Å². The van der Waals surface area contributed by atoms with Gasteiger partial charge in [-0.05, 0) is 30.3 Å². The average molecular weight is 420 g/mol. The van der Waals surface area contributed by atoms with E-state index < -0.39 is 5.97 Å². The summed E-state index contributed by atoms with van der Waals surface area (Å²) in [7, 11) is 1.30. The molecule has 29 heavy (non-hydrogen) atoms. The maximum Gasteiger partial charge on any atom is 0.329 e. The van der Waals surface area contributed by atoms with E-state index in [4.69, 9.17) is 11.1 Å². The lowest BCUT2D eigenvalue weighted by Gasteiger charge is -2.19. The van der Waals surface area contributed by atoms with Crippen molar-refractivity contribution < 1.29 is 14.3 Å². The van der Waals surface area contributed by atoms with Gasteiger partial charge < -0.3 is 15.0 Å². The van der Waals surface area contributed by atoms with Crippen LogP contribution in [0.4, 0.5) is 16.2 Å². The fraction of sp³-hybridized carbons (Fsp3) is 0.263. The minimum atomic E-state index is -0.392. The van der Waals surface area contributed by atoms with Gasteiger partial charge in [-0.2, -0.15) is 0 Å². The van der Waals surface area contributed by atoms with Gasteiger partial charge in [0.05, 0.1) is 19.2 Å². The molecule has 0 aliphatic carbocycles. The van der Waals surface area contributed by atoms with E-state index in [1.54, 1.807) is 41.4 Å². The topological polar surface area (TPSA) is 122 Å². The third-order valence-electron chi connectivity index (χ3n) is 4.57. The highest BCUT2D eigenvalue weighted by Gasteiger charge is 2.30. The van der Waals surface area contributed by atoms with E-state index in [-0.39, 0.29) is 42.8 Å². The molecule has 0 saturated carbocycles. The molecule has 1 aliphatic rings. The second kappa shape index (κ2) is 9.24. The number of carbonyl (C=O) groups excluding carboxylic acids is 2. The van der Waals surface area contributed by atoms with Gasteiger partial charge in [-0.25, -0.2) is 4.79 Å². The summed E-state index contributed by atoms with van der Waals surface area (Å²) in [5.41, 5.74) is 6.95. The number of pyridine rings is 1. The van der Waals surface area contributed by atoms with Crippen LogP contribution in [0.25, 0.3) is 0 Å². The van der Waals surface area contributed by atoms with Crippen LogP contribution < -0.4 is 21.1 Å². The molecule has 0 atom stereocenters. The summed E-state index contributed by atoms with van der Waals surface area (Å²) in [6, 6.07) is 9.69. The van der Waals surface area contributed by atoms with Crippen LogP contribution in [0.2, 0.25) is 0 Å². The third kappa shape index (κ3) is 4.75. The Morgan fingerprint density at radius 1 is 1.10 bits per heavy atom. The first kappa shape index (κ1) is 22.0. The summed E-state index contributed by atoms with van der Waals surface area (Å²) in [6.07, 6.45) is 1.67. The second-order valence-electron chi connectivity index (χ2n) is 6.29. The third-order valence-corrected chi connectivity index (χ3v) is 4.57. The number of amidine groups is 1. The second-order valence-corrected chi connectivity index (χ2v) is 6.29. The maximum absolute atomic E-state index is 12.8. The van der Waals surface area contributed by atoms with Crippen LogP contribution in [0.3, 0.4) is 0 Å². The molecule has 3 rings (SSSR count). The van der Waals surface area contributed by atoms with Gasteiger partial charge in [0.25, 0.3) is 5.56 Å². The molecule has 1 aromatic heterocycles. The number of halogens is 1. The number of nitrogens with zero attached hydrogens (tertiary/aromatic N) is 3. The molecule has 1 aliphatic heterocycles. The molecule has 0 spiro atoms. The Hall–Kier alpha value is -3.33. The Labute approximate surface area is 173 Å². The fourth-order valence-corrected chi connectivity index (χ4v) is 3.00. The van der Waals surface area contributed by atoms with E-state index in [1.807, 2.05) is 0 Å². The van der Waals surface area contributed by atoms with Crippen molar-refractivity contribution in [3.8, 4) is 0 Å². The van der Waals surface area contributed by atoms with Crippen LogP contribution in [0.15, 0.2) is 47.4 Å². The lowest BCUT2D eigenvalue weighted by atomic mass is 10.2.